The molecule has 0 aromatic heterocycles. The Morgan fingerprint density at radius 1 is 1.53 bits per heavy atom. The molecule has 3 heteroatoms. The van der Waals surface area contributed by atoms with E-state index in [2.05, 4.69) is 11.8 Å². The Bertz CT molecular complexity index is 367. The van der Waals surface area contributed by atoms with E-state index >= 15 is 0 Å². The predicted molar refractivity (Wildman–Crippen MR) is 70.7 cm³/mol. The number of aliphatic hydroxyl groups is 1. The average Bonchev–Trinajstić information content (AvgIpc) is 2.76. The highest BCUT2D eigenvalue weighted by Crippen LogP contribution is 2.24. The summed E-state index contributed by atoms with van der Waals surface area (Å²) >= 11 is 0. The molecule has 1 aromatic carbocycles. The molecule has 3 nitrogen and oxygen atoms in total. The zero-order chi connectivity index (χ0) is 12.3. The molecule has 1 saturated heterocycles. The summed E-state index contributed by atoms with van der Waals surface area (Å²) in [6.07, 6.45) is 3.26. The fraction of sp³-hybridized carbons (Fsp3) is 0.571. The van der Waals surface area contributed by atoms with Crippen LogP contribution in [0.15, 0.2) is 24.3 Å². The van der Waals surface area contributed by atoms with Gasteiger partial charge in [0.2, 0.25) is 0 Å². The molecule has 2 atom stereocenters. The second-order valence-corrected chi connectivity index (χ2v) is 4.89. The van der Waals surface area contributed by atoms with E-state index < -0.39 is 6.10 Å². The number of hydrogen-bond donors (Lipinski definition) is 2. The molecule has 3 N–H and O–H groups in total. The van der Waals surface area contributed by atoms with E-state index in [0.29, 0.717) is 6.04 Å². The van der Waals surface area contributed by atoms with E-state index in [0.717, 1.165) is 24.3 Å². The van der Waals surface area contributed by atoms with Gasteiger partial charge in [-0.25, -0.2) is 0 Å². The highest BCUT2D eigenvalue weighted by atomic mass is 16.3. The van der Waals surface area contributed by atoms with Gasteiger partial charge in [-0.15, -0.1) is 0 Å². The molecular weight excluding hydrogens is 212 g/mol. The zero-order valence-corrected chi connectivity index (χ0v) is 10.5. The smallest absolute Gasteiger partial charge is 0.0917 e. The number of benzene rings is 1. The lowest BCUT2D eigenvalue weighted by Gasteiger charge is -2.26. The zero-order valence-electron chi connectivity index (χ0n) is 10.5. The van der Waals surface area contributed by atoms with E-state index in [9.17, 15) is 5.11 Å². The van der Waals surface area contributed by atoms with Gasteiger partial charge in [0.05, 0.1) is 6.10 Å². The van der Waals surface area contributed by atoms with Crippen LogP contribution < -0.4 is 5.73 Å². The molecule has 94 valence electrons. The lowest BCUT2D eigenvalue weighted by molar-refractivity contribution is 0.105. The number of aliphatic hydroxyl groups excluding tert-OH is 1. The van der Waals surface area contributed by atoms with Crippen molar-refractivity contribution in [2.75, 3.05) is 18.8 Å². The van der Waals surface area contributed by atoms with Crippen molar-refractivity contribution in [3.63, 3.8) is 0 Å². The minimum Gasteiger partial charge on any atom is -0.399 e. The topological polar surface area (TPSA) is 49.5 Å². The molecule has 0 spiro atoms. The number of nitrogen functional groups attached to an aromatic ring is 1. The lowest BCUT2D eigenvalue weighted by Crippen LogP contribution is -2.32. The van der Waals surface area contributed by atoms with E-state index in [1.54, 1.807) is 0 Å². The van der Waals surface area contributed by atoms with Gasteiger partial charge in [-0.3, -0.25) is 4.90 Å². The Morgan fingerprint density at radius 2 is 2.35 bits per heavy atom. The first-order chi connectivity index (χ1) is 8.20. The van der Waals surface area contributed by atoms with Gasteiger partial charge in [-0.1, -0.05) is 19.1 Å². The van der Waals surface area contributed by atoms with Gasteiger partial charge in [-0.05, 0) is 43.5 Å². The summed E-state index contributed by atoms with van der Waals surface area (Å²) in [5.41, 5.74) is 7.37. The first kappa shape index (κ1) is 12.4. The second-order valence-electron chi connectivity index (χ2n) is 4.89. The molecule has 0 amide bonds. The van der Waals surface area contributed by atoms with Gasteiger partial charge in [0.1, 0.15) is 0 Å². The first-order valence-electron chi connectivity index (χ1n) is 6.48. The second kappa shape index (κ2) is 5.52. The lowest BCUT2D eigenvalue weighted by atomic mass is 10.1. The Balaban J connectivity index is 1.99. The summed E-state index contributed by atoms with van der Waals surface area (Å²) in [4.78, 5) is 2.40. The minimum atomic E-state index is -0.425. The highest BCUT2D eigenvalue weighted by molar-refractivity contribution is 5.41. The van der Waals surface area contributed by atoms with Crippen LogP contribution in [0.2, 0.25) is 0 Å². The standard InChI is InChI=1S/C14H22N2O/c1-2-13-7-4-8-16(13)10-14(17)11-5-3-6-12(15)9-11/h3,5-6,9,13-14,17H,2,4,7-8,10,15H2,1H3. The number of anilines is 1. The molecule has 0 bridgehead atoms. The Morgan fingerprint density at radius 3 is 3.06 bits per heavy atom. The van der Waals surface area contributed by atoms with Crippen molar-refractivity contribution < 1.29 is 5.11 Å². The van der Waals surface area contributed by atoms with Gasteiger partial charge in [0, 0.05) is 18.3 Å². The van der Waals surface area contributed by atoms with E-state index in [1.165, 1.54) is 19.3 Å². The number of hydrogen-bond acceptors (Lipinski definition) is 3. The van der Waals surface area contributed by atoms with Crippen LogP contribution in [0.1, 0.15) is 37.9 Å². The summed E-state index contributed by atoms with van der Waals surface area (Å²) < 4.78 is 0. The van der Waals surface area contributed by atoms with Gasteiger partial charge >= 0.3 is 0 Å². The monoisotopic (exact) mass is 234 g/mol. The molecule has 1 aliphatic rings. The maximum absolute atomic E-state index is 10.2. The molecule has 1 heterocycles. The molecule has 0 saturated carbocycles. The summed E-state index contributed by atoms with van der Waals surface area (Å²) in [5.74, 6) is 0. The summed E-state index contributed by atoms with van der Waals surface area (Å²) in [6, 6.07) is 8.20. The van der Waals surface area contributed by atoms with Crippen LogP contribution in [0.25, 0.3) is 0 Å². The third-order valence-corrected chi connectivity index (χ3v) is 3.67. The van der Waals surface area contributed by atoms with Gasteiger partial charge in [0.25, 0.3) is 0 Å². The maximum atomic E-state index is 10.2. The number of likely N-dealkylation sites (tertiary alicyclic amines) is 1. The fourth-order valence-corrected chi connectivity index (χ4v) is 2.69. The van der Waals surface area contributed by atoms with Crippen molar-refractivity contribution in [3.8, 4) is 0 Å². The molecule has 1 fully saturated rings. The van der Waals surface area contributed by atoms with Crippen LogP contribution in [0, 0.1) is 0 Å². The van der Waals surface area contributed by atoms with Crippen molar-refractivity contribution in [1.82, 2.24) is 4.90 Å². The summed E-state index contributed by atoms with van der Waals surface area (Å²) in [7, 11) is 0. The summed E-state index contributed by atoms with van der Waals surface area (Å²) in [5, 5.41) is 10.2. The first-order valence-corrected chi connectivity index (χ1v) is 6.48. The Hall–Kier alpha value is -1.06. The minimum absolute atomic E-state index is 0.425. The normalized spacial score (nSPS) is 22.8. The third-order valence-electron chi connectivity index (χ3n) is 3.67. The van der Waals surface area contributed by atoms with Crippen molar-refractivity contribution in [3.05, 3.63) is 29.8 Å². The highest BCUT2D eigenvalue weighted by Gasteiger charge is 2.25. The van der Waals surface area contributed by atoms with Crippen LogP contribution in [0.5, 0.6) is 0 Å². The Kier molecular flexibility index (Phi) is 4.02. The molecular formula is C14H22N2O. The third kappa shape index (κ3) is 2.99. The fourth-order valence-electron chi connectivity index (χ4n) is 2.69. The van der Waals surface area contributed by atoms with Crippen molar-refractivity contribution in [1.29, 1.82) is 0 Å². The van der Waals surface area contributed by atoms with Crippen LogP contribution in [-0.4, -0.2) is 29.1 Å². The summed E-state index contributed by atoms with van der Waals surface area (Å²) in [6.45, 7) is 4.05. The number of β-amino-alcohol motifs (C(OH)–C–C–N with tert-alkyl or cyclic N) is 1. The average molecular weight is 234 g/mol. The number of nitrogens with two attached hydrogens (primary N) is 1. The molecule has 2 rings (SSSR count). The van der Waals surface area contributed by atoms with Crippen molar-refractivity contribution in [2.45, 2.75) is 38.3 Å². The van der Waals surface area contributed by atoms with Gasteiger partial charge < -0.3 is 10.8 Å². The SMILES string of the molecule is CCC1CCCN1CC(O)c1cccc(N)c1. The quantitative estimate of drug-likeness (QED) is 0.785. The van der Waals surface area contributed by atoms with Crippen LogP contribution >= 0.6 is 0 Å². The van der Waals surface area contributed by atoms with Crippen LogP contribution in [0.4, 0.5) is 5.69 Å². The van der Waals surface area contributed by atoms with E-state index in [4.69, 9.17) is 5.73 Å². The number of rotatable bonds is 4. The molecule has 0 aliphatic carbocycles. The molecule has 1 aliphatic heterocycles. The molecule has 0 radical (unpaired) electrons. The Labute approximate surface area is 103 Å². The van der Waals surface area contributed by atoms with Gasteiger partial charge in [-0.2, -0.15) is 0 Å². The largest absolute Gasteiger partial charge is 0.399 e. The number of nitrogens with zero attached hydrogens (tertiary/aromatic N) is 1. The maximum Gasteiger partial charge on any atom is 0.0917 e. The van der Waals surface area contributed by atoms with Crippen molar-refractivity contribution >= 4 is 5.69 Å². The van der Waals surface area contributed by atoms with Gasteiger partial charge in [0.15, 0.2) is 0 Å². The van der Waals surface area contributed by atoms with Crippen LogP contribution in [-0.2, 0) is 0 Å². The van der Waals surface area contributed by atoms with Crippen molar-refractivity contribution in [2.24, 2.45) is 0 Å². The molecule has 17 heavy (non-hydrogen) atoms. The predicted octanol–water partition coefficient (Wildman–Crippen LogP) is 2.18. The molecule has 1 aromatic rings. The molecule has 2 unspecified atom stereocenters. The van der Waals surface area contributed by atoms with E-state index in [1.807, 2.05) is 24.3 Å². The van der Waals surface area contributed by atoms with E-state index in [-0.39, 0.29) is 0 Å². The van der Waals surface area contributed by atoms with Crippen LogP contribution in [0.3, 0.4) is 0 Å².